The molecule has 1 aliphatic rings. The number of halogens is 1. The smallest absolute Gasteiger partial charge is 0.249 e. The summed E-state index contributed by atoms with van der Waals surface area (Å²) < 4.78 is 1.68. The van der Waals surface area contributed by atoms with E-state index in [9.17, 15) is 4.79 Å². The molecule has 0 radical (unpaired) electrons. The number of nitrogens with zero attached hydrogens (tertiary/aromatic N) is 7. The van der Waals surface area contributed by atoms with Crippen molar-refractivity contribution >= 4 is 29.1 Å². The molecule has 10 nitrogen and oxygen atoms in total. The van der Waals surface area contributed by atoms with Gasteiger partial charge in [-0.05, 0) is 42.8 Å². The van der Waals surface area contributed by atoms with Gasteiger partial charge in [-0.1, -0.05) is 41.6 Å². The molecule has 11 heteroatoms. The van der Waals surface area contributed by atoms with Crippen LogP contribution in [0.1, 0.15) is 39.0 Å². The second-order valence-corrected chi connectivity index (χ2v) is 10.9. The van der Waals surface area contributed by atoms with E-state index in [0.717, 1.165) is 49.4 Å². The summed E-state index contributed by atoms with van der Waals surface area (Å²) in [6.45, 7) is 7.28. The normalized spacial score (nSPS) is 13.6. The number of hydrogen-bond donors (Lipinski definition) is 2. The van der Waals surface area contributed by atoms with Crippen LogP contribution >= 0.6 is 11.6 Å². The number of aromatic nitrogens is 4. The van der Waals surface area contributed by atoms with Gasteiger partial charge in [-0.2, -0.15) is 10.4 Å². The molecule has 2 aromatic heterocycles. The lowest BCUT2D eigenvalue weighted by Gasteiger charge is -2.32. The van der Waals surface area contributed by atoms with Crippen molar-refractivity contribution in [2.45, 2.75) is 26.4 Å². The van der Waals surface area contributed by atoms with Gasteiger partial charge in [-0.25, -0.2) is 9.97 Å². The number of likely N-dealkylation sites (N-methyl/N-ethyl adjacent to an activating group) is 1. The van der Waals surface area contributed by atoms with E-state index in [4.69, 9.17) is 22.6 Å². The minimum atomic E-state index is -0.537. The van der Waals surface area contributed by atoms with E-state index in [0.29, 0.717) is 51.9 Å². The van der Waals surface area contributed by atoms with Crippen molar-refractivity contribution in [3.63, 3.8) is 0 Å². The fourth-order valence-corrected chi connectivity index (χ4v) is 5.13. The van der Waals surface area contributed by atoms with Crippen LogP contribution < -0.4 is 11.1 Å². The minimum absolute atomic E-state index is 0.379. The average molecular weight is 594 g/mol. The Morgan fingerprint density at radius 2 is 1.86 bits per heavy atom. The van der Waals surface area contributed by atoms with Crippen LogP contribution in [0.4, 0.5) is 11.6 Å². The number of benzene rings is 2. The summed E-state index contributed by atoms with van der Waals surface area (Å²) in [5.74, 6) is 6.22. The molecule has 1 aliphatic heterocycles. The predicted octanol–water partition coefficient (Wildman–Crippen LogP) is 4.21. The standard InChI is InChI=1S/C32H32ClN9O/c1-22-4-8-28(31(35)43)30(24-6-7-25(29(33)16-24)20-41-14-12-40(2)13-15-41)27(22)9-5-23-17-36-32(37-18-23)39-26-19-38-42(21-26)11-3-10-34/h4,6-8,16-19,21H,3,11-15,20H2,1-2H3,(H2,35,43)(H,36,37,39). The zero-order valence-corrected chi connectivity index (χ0v) is 24.9. The van der Waals surface area contributed by atoms with Crippen LogP contribution in [0.3, 0.4) is 0 Å². The summed E-state index contributed by atoms with van der Waals surface area (Å²) in [6, 6.07) is 11.6. The number of hydrogen-bond acceptors (Lipinski definition) is 8. The van der Waals surface area contributed by atoms with Crippen LogP contribution in [-0.2, 0) is 13.1 Å². The summed E-state index contributed by atoms with van der Waals surface area (Å²) in [6.07, 6.45) is 7.06. The molecule has 3 N–H and O–H groups in total. The van der Waals surface area contributed by atoms with Crippen molar-refractivity contribution in [2.75, 3.05) is 38.5 Å². The topological polar surface area (TPSA) is 129 Å². The molecule has 0 saturated carbocycles. The van der Waals surface area contributed by atoms with Gasteiger partial charge in [0.25, 0.3) is 0 Å². The number of carbonyl (C=O) groups excluding carboxylic acids is 1. The van der Waals surface area contributed by atoms with Crippen LogP contribution in [0.5, 0.6) is 0 Å². The Morgan fingerprint density at radius 3 is 2.56 bits per heavy atom. The van der Waals surface area contributed by atoms with Gasteiger partial charge in [0.1, 0.15) is 0 Å². The zero-order valence-electron chi connectivity index (χ0n) is 24.1. The number of nitriles is 1. The first-order chi connectivity index (χ1) is 20.8. The van der Waals surface area contributed by atoms with Gasteiger partial charge in [-0.15, -0.1) is 0 Å². The maximum Gasteiger partial charge on any atom is 0.249 e. The van der Waals surface area contributed by atoms with Crippen LogP contribution in [0.15, 0.2) is 55.1 Å². The van der Waals surface area contributed by atoms with Gasteiger partial charge in [0.2, 0.25) is 11.9 Å². The molecule has 4 aromatic rings. The number of piperazine rings is 1. The number of nitrogens with one attached hydrogen (secondary N) is 1. The molecule has 3 heterocycles. The Kier molecular flexibility index (Phi) is 9.33. The fraction of sp³-hybridized carbons (Fsp3) is 0.281. The largest absolute Gasteiger partial charge is 0.366 e. The third-order valence-corrected chi connectivity index (χ3v) is 7.69. The highest BCUT2D eigenvalue weighted by Gasteiger charge is 2.19. The first-order valence-corrected chi connectivity index (χ1v) is 14.3. The second kappa shape index (κ2) is 13.5. The van der Waals surface area contributed by atoms with Crippen LogP contribution in [-0.4, -0.2) is 68.7 Å². The number of primary amides is 1. The van der Waals surface area contributed by atoms with E-state index in [2.05, 4.69) is 55.1 Å². The molecular formula is C32H32ClN9O. The number of nitrogens with two attached hydrogens (primary N) is 1. The van der Waals surface area contributed by atoms with Gasteiger partial charge in [0, 0.05) is 73.0 Å². The van der Waals surface area contributed by atoms with E-state index in [1.54, 1.807) is 35.5 Å². The Balaban J connectivity index is 1.39. The predicted molar refractivity (Wildman–Crippen MR) is 167 cm³/mol. The monoisotopic (exact) mass is 593 g/mol. The van der Waals surface area contributed by atoms with Crippen molar-refractivity contribution in [2.24, 2.45) is 5.73 Å². The first-order valence-electron chi connectivity index (χ1n) is 13.9. The molecule has 0 unspecified atom stereocenters. The first kappa shape index (κ1) is 29.7. The lowest BCUT2D eigenvalue weighted by atomic mass is 9.90. The molecule has 2 aromatic carbocycles. The summed E-state index contributed by atoms with van der Waals surface area (Å²) in [7, 11) is 2.13. The number of amides is 1. The van der Waals surface area contributed by atoms with Gasteiger partial charge in [-0.3, -0.25) is 14.4 Å². The summed E-state index contributed by atoms with van der Waals surface area (Å²) in [4.78, 5) is 25.9. The molecule has 5 rings (SSSR count). The number of anilines is 2. The fourth-order valence-electron chi connectivity index (χ4n) is 4.89. The number of aryl methyl sites for hydroxylation is 2. The Hall–Kier alpha value is -4.74. The highest BCUT2D eigenvalue weighted by molar-refractivity contribution is 6.31. The molecule has 1 amide bonds. The van der Waals surface area contributed by atoms with Gasteiger partial charge < -0.3 is 16.0 Å². The van der Waals surface area contributed by atoms with E-state index < -0.39 is 5.91 Å². The number of carbonyl (C=O) groups is 1. The molecular weight excluding hydrogens is 562 g/mol. The third-order valence-electron chi connectivity index (χ3n) is 7.34. The third kappa shape index (κ3) is 7.37. The molecule has 1 fully saturated rings. The Bertz CT molecular complexity index is 1720. The van der Waals surface area contributed by atoms with Crippen molar-refractivity contribution in [3.8, 4) is 29.0 Å². The van der Waals surface area contributed by atoms with Gasteiger partial charge >= 0.3 is 0 Å². The number of rotatable bonds is 8. The van der Waals surface area contributed by atoms with Gasteiger partial charge in [0.15, 0.2) is 0 Å². The van der Waals surface area contributed by atoms with Crippen LogP contribution in [0.2, 0.25) is 5.02 Å². The average Bonchev–Trinajstić information content (AvgIpc) is 3.45. The lowest BCUT2D eigenvalue weighted by molar-refractivity contribution is 0.100. The van der Waals surface area contributed by atoms with E-state index in [1.165, 1.54) is 0 Å². The summed E-state index contributed by atoms with van der Waals surface area (Å²) in [5, 5.41) is 16.7. The van der Waals surface area contributed by atoms with E-state index >= 15 is 0 Å². The Morgan fingerprint density at radius 1 is 1.09 bits per heavy atom. The Labute approximate surface area is 256 Å². The zero-order chi connectivity index (χ0) is 30.3. The maximum atomic E-state index is 12.5. The van der Waals surface area contributed by atoms with Crippen molar-refractivity contribution in [3.05, 3.63) is 88.0 Å². The van der Waals surface area contributed by atoms with Crippen molar-refractivity contribution in [1.82, 2.24) is 29.5 Å². The molecule has 43 heavy (non-hydrogen) atoms. The molecule has 0 bridgehead atoms. The maximum absolute atomic E-state index is 12.5. The van der Waals surface area contributed by atoms with E-state index in [-0.39, 0.29) is 0 Å². The molecule has 0 spiro atoms. The molecule has 1 saturated heterocycles. The highest BCUT2D eigenvalue weighted by atomic mass is 35.5. The van der Waals surface area contributed by atoms with Crippen molar-refractivity contribution in [1.29, 1.82) is 5.26 Å². The second-order valence-electron chi connectivity index (χ2n) is 10.5. The minimum Gasteiger partial charge on any atom is -0.366 e. The summed E-state index contributed by atoms with van der Waals surface area (Å²) >= 11 is 6.79. The molecule has 218 valence electrons. The highest BCUT2D eigenvalue weighted by Crippen LogP contribution is 2.33. The van der Waals surface area contributed by atoms with Gasteiger partial charge in [0.05, 0.1) is 36.5 Å². The van der Waals surface area contributed by atoms with Crippen LogP contribution in [0, 0.1) is 30.1 Å². The quantitative estimate of drug-likeness (QED) is 0.291. The lowest BCUT2D eigenvalue weighted by Crippen LogP contribution is -2.43. The molecule has 0 aliphatic carbocycles. The van der Waals surface area contributed by atoms with Crippen molar-refractivity contribution < 1.29 is 4.79 Å². The van der Waals surface area contributed by atoms with E-state index in [1.807, 2.05) is 31.2 Å². The molecule has 0 atom stereocenters. The SMILES string of the molecule is Cc1ccc(C(N)=O)c(-c2ccc(CN3CCN(C)CC3)c(Cl)c2)c1C#Cc1cnc(Nc2cnn(CCC#N)c2)nc1. The van der Waals surface area contributed by atoms with Crippen LogP contribution in [0.25, 0.3) is 11.1 Å². The summed E-state index contributed by atoms with van der Waals surface area (Å²) in [5.41, 5.74) is 11.6.